The zero-order valence-corrected chi connectivity index (χ0v) is 10.1. The lowest BCUT2D eigenvalue weighted by Gasteiger charge is -2.03. The van der Waals surface area contributed by atoms with E-state index in [1.165, 1.54) is 0 Å². The van der Waals surface area contributed by atoms with E-state index in [9.17, 15) is 18.0 Å². The Balaban J connectivity index is 2.13. The summed E-state index contributed by atoms with van der Waals surface area (Å²) < 4.78 is 38.1. The molecule has 0 spiro atoms. The van der Waals surface area contributed by atoms with Crippen LogP contribution in [0.2, 0.25) is 0 Å². The van der Waals surface area contributed by atoms with Gasteiger partial charge in [-0.1, -0.05) is 23.8 Å². The SMILES string of the molecule is Cc1cccc(C(=O)Cn2ccc(C(F)(F)F)n2)c1. The van der Waals surface area contributed by atoms with Crippen LogP contribution in [-0.2, 0) is 12.7 Å². The molecule has 0 aliphatic rings. The summed E-state index contributed by atoms with van der Waals surface area (Å²) in [6, 6.07) is 7.74. The van der Waals surface area contributed by atoms with E-state index in [-0.39, 0.29) is 12.3 Å². The molecule has 6 heteroatoms. The highest BCUT2D eigenvalue weighted by molar-refractivity contribution is 5.95. The molecule has 0 radical (unpaired) electrons. The first-order valence-electron chi connectivity index (χ1n) is 5.57. The fraction of sp³-hybridized carbons (Fsp3) is 0.231. The fourth-order valence-electron chi connectivity index (χ4n) is 1.66. The molecule has 0 bridgehead atoms. The molecule has 3 nitrogen and oxygen atoms in total. The van der Waals surface area contributed by atoms with Crippen LogP contribution < -0.4 is 0 Å². The summed E-state index contributed by atoms with van der Waals surface area (Å²) in [4.78, 5) is 11.9. The van der Waals surface area contributed by atoms with E-state index in [4.69, 9.17) is 0 Å². The number of halogens is 3. The van der Waals surface area contributed by atoms with Crippen molar-refractivity contribution >= 4 is 5.78 Å². The molecule has 0 amide bonds. The summed E-state index contributed by atoms with van der Waals surface area (Å²) in [5.74, 6) is -0.277. The molecule has 0 N–H and O–H groups in total. The maximum Gasteiger partial charge on any atom is 0.435 e. The third kappa shape index (κ3) is 3.21. The van der Waals surface area contributed by atoms with Crippen LogP contribution in [0.5, 0.6) is 0 Å². The average Bonchev–Trinajstić information content (AvgIpc) is 2.77. The van der Waals surface area contributed by atoms with Crippen molar-refractivity contribution in [2.75, 3.05) is 0 Å². The Hall–Kier alpha value is -2.11. The Labute approximate surface area is 107 Å². The molecule has 0 aliphatic heterocycles. The van der Waals surface area contributed by atoms with E-state index in [1.807, 2.05) is 13.0 Å². The summed E-state index contributed by atoms with van der Waals surface area (Å²) in [5.41, 5.74) is 0.385. The Morgan fingerprint density at radius 3 is 2.63 bits per heavy atom. The fourth-order valence-corrected chi connectivity index (χ4v) is 1.66. The van der Waals surface area contributed by atoms with Gasteiger partial charge >= 0.3 is 6.18 Å². The molecule has 0 fully saturated rings. The van der Waals surface area contributed by atoms with E-state index in [0.29, 0.717) is 5.56 Å². The Morgan fingerprint density at radius 2 is 2.05 bits per heavy atom. The van der Waals surface area contributed by atoms with Gasteiger partial charge in [0.15, 0.2) is 11.5 Å². The third-order valence-electron chi connectivity index (χ3n) is 2.58. The van der Waals surface area contributed by atoms with Crippen molar-refractivity contribution in [2.45, 2.75) is 19.6 Å². The molecule has 0 aliphatic carbocycles. The van der Waals surface area contributed by atoms with Crippen molar-refractivity contribution in [3.63, 3.8) is 0 Å². The third-order valence-corrected chi connectivity index (χ3v) is 2.58. The maximum absolute atomic E-state index is 12.4. The molecule has 100 valence electrons. The number of carbonyl (C=O) groups is 1. The highest BCUT2D eigenvalue weighted by Gasteiger charge is 2.33. The van der Waals surface area contributed by atoms with Crippen LogP contribution in [0.15, 0.2) is 36.5 Å². The highest BCUT2D eigenvalue weighted by Crippen LogP contribution is 2.27. The minimum absolute atomic E-state index is 0.209. The number of ketones is 1. The van der Waals surface area contributed by atoms with Crippen molar-refractivity contribution in [1.29, 1.82) is 0 Å². The molecular weight excluding hydrogens is 257 g/mol. The van der Waals surface area contributed by atoms with Gasteiger partial charge < -0.3 is 0 Å². The number of alkyl halides is 3. The van der Waals surface area contributed by atoms with Crippen molar-refractivity contribution < 1.29 is 18.0 Å². The van der Waals surface area contributed by atoms with Gasteiger partial charge in [-0.2, -0.15) is 18.3 Å². The van der Waals surface area contributed by atoms with E-state index < -0.39 is 11.9 Å². The number of aromatic nitrogens is 2. The predicted molar refractivity (Wildman–Crippen MR) is 62.7 cm³/mol. The second-order valence-corrected chi connectivity index (χ2v) is 4.19. The van der Waals surface area contributed by atoms with Crippen LogP contribution in [0.3, 0.4) is 0 Å². The molecule has 19 heavy (non-hydrogen) atoms. The van der Waals surface area contributed by atoms with Crippen LogP contribution in [0.4, 0.5) is 13.2 Å². The zero-order valence-electron chi connectivity index (χ0n) is 10.1. The molecule has 2 aromatic rings. The molecule has 1 heterocycles. The molecule has 1 aromatic carbocycles. The van der Waals surface area contributed by atoms with E-state index >= 15 is 0 Å². The van der Waals surface area contributed by atoms with Crippen LogP contribution >= 0.6 is 0 Å². The number of nitrogens with zero attached hydrogens (tertiary/aromatic N) is 2. The van der Waals surface area contributed by atoms with Crippen molar-refractivity contribution in [2.24, 2.45) is 0 Å². The summed E-state index contributed by atoms with van der Waals surface area (Å²) in [7, 11) is 0. The first-order valence-corrected chi connectivity index (χ1v) is 5.57. The molecular formula is C13H11F3N2O. The van der Waals surface area contributed by atoms with Gasteiger partial charge in [0, 0.05) is 11.8 Å². The maximum atomic E-state index is 12.4. The van der Waals surface area contributed by atoms with Gasteiger partial charge in [0.05, 0.1) is 0 Å². The zero-order chi connectivity index (χ0) is 14.0. The number of hydrogen-bond donors (Lipinski definition) is 0. The monoisotopic (exact) mass is 268 g/mol. The van der Waals surface area contributed by atoms with Crippen LogP contribution in [0.25, 0.3) is 0 Å². The lowest BCUT2D eigenvalue weighted by molar-refractivity contribution is -0.141. The smallest absolute Gasteiger partial charge is 0.292 e. The second-order valence-electron chi connectivity index (χ2n) is 4.19. The van der Waals surface area contributed by atoms with Crippen molar-refractivity contribution in [3.8, 4) is 0 Å². The Kier molecular flexibility index (Phi) is 3.42. The molecule has 0 atom stereocenters. The Bertz CT molecular complexity index is 602. The molecule has 2 rings (SSSR count). The van der Waals surface area contributed by atoms with Gasteiger partial charge in [0.25, 0.3) is 0 Å². The lowest BCUT2D eigenvalue weighted by Crippen LogP contribution is -2.13. The quantitative estimate of drug-likeness (QED) is 0.802. The van der Waals surface area contributed by atoms with E-state index in [2.05, 4.69) is 5.10 Å². The van der Waals surface area contributed by atoms with Crippen molar-refractivity contribution in [3.05, 3.63) is 53.3 Å². The summed E-state index contributed by atoms with van der Waals surface area (Å²) in [5, 5.41) is 3.34. The molecule has 0 unspecified atom stereocenters. The van der Waals surface area contributed by atoms with Gasteiger partial charge in [-0.15, -0.1) is 0 Å². The minimum atomic E-state index is -4.49. The summed E-state index contributed by atoms with van der Waals surface area (Å²) in [6.07, 6.45) is -3.34. The Morgan fingerprint density at radius 1 is 1.32 bits per heavy atom. The lowest BCUT2D eigenvalue weighted by atomic mass is 10.1. The van der Waals surface area contributed by atoms with Crippen molar-refractivity contribution in [1.82, 2.24) is 9.78 Å². The number of hydrogen-bond acceptors (Lipinski definition) is 2. The topological polar surface area (TPSA) is 34.9 Å². The molecule has 0 saturated heterocycles. The first-order chi connectivity index (χ1) is 8.86. The molecule has 0 saturated carbocycles. The first kappa shape index (κ1) is 13.3. The standard InChI is InChI=1S/C13H11F3N2O/c1-9-3-2-4-10(7-9)11(19)8-18-6-5-12(17-18)13(14,15)16/h2-7H,8H2,1H3. The number of benzene rings is 1. The number of Topliss-reactive ketones (excluding diaryl/α,β-unsaturated/α-hetero) is 1. The average molecular weight is 268 g/mol. The number of rotatable bonds is 3. The summed E-state index contributed by atoms with van der Waals surface area (Å²) >= 11 is 0. The van der Waals surface area contributed by atoms with Gasteiger partial charge in [0.1, 0.15) is 6.54 Å². The van der Waals surface area contributed by atoms with E-state index in [0.717, 1.165) is 22.5 Å². The second kappa shape index (κ2) is 4.87. The van der Waals surface area contributed by atoms with Gasteiger partial charge in [-0.05, 0) is 19.1 Å². The van der Waals surface area contributed by atoms with Gasteiger partial charge in [-0.25, -0.2) is 0 Å². The number of aryl methyl sites for hydroxylation is 1. The largest absolute Gasteiger partial charge is 0.435 e. The van der Waals surface area contributed by atoms with Gasteiger partial charge in [0.2, 0.25) is 0 Å². The highest BCUT2D eigenvalue weighted by atomic mass is 19.4. The minimum Gasteiger partial charge on any atom is -0.292 e. The summed E-state index contributed by atoms with van der Waals surface area (Å²) in [6.45, 7) is 1.63. The van der Waals surface area contributed by atoms with Crippen LogP contribution in [0, 0.1) is 6.92 Å². The van der Waals surface area contributed by atoms with E-state index in [1.54, 1.807) is 18.2 Å². The van der Waals surface area contributed by atoms with Crippen LogP contribution in [-0.4, -0.2) is 15.6 Å². The molecule has 1 aromatic heterocycles. The number of carbonyl (C=O) groups excluding carboxylic acids is 1. The predicted octanol–water partition coefficient (Wildman–Crippen LogP) is 3.09. The van der Waals surface area contributed by atoms with Gasteiger partial charge in [-0.3, -0.25) is 9.48 Å². The van der Waals surface area contributed by atoms with Crippen LogP contribution in [0.1, 0.15) is 21.6 Å². The normalized spacial score (nSPS) is 11.6.